The van der Waals surface area contributed by atoms with E-state index in [4.69, 9.17) is 16.3 Å². The van der Waals surface area contributed by atoms with E-state index in [9.17, 15) is 9.18 Å². The van der Waals surface area contributed by atoms with Crippen LogP contribution in [-0.2, 0) is 4.79 Å². The Labute approximate surface area is 161 Å². The summed E-state index contributed by atoms with van der Waals surface area (Å²) < 4.78 is 18.7. The van der Waals surface area contributed by atoms with Crippen LogP contribution in [0.5, 0.6) is 5.75 Å². The number of aromatic nitrogens is 2. The molecule has 0 atom stereocenters. The van der Waals surface area contributed by atoms with Gasteiger partial charge in [0, 0.05) is 17.1 Å². The molecular formula is C17H13BrClFN4O2. The van der Waals surface area contributed by atoms with Crippen molar-refractivity contribution in [3.05, 3.63) is 47.5 Å². The molecule has 2 aromatic carbocycles. The number of carbonyl (C=O) groups is 1. The average molecular weight is 440 g/mol. The largest absolute Gasteiger partial charge is 0.494 e. The molecule has 0 aliphatic carbocycles. The summed E-state index contributed by atoms with van der Waals surface area (Å²) in [6, 6.07) is 7.68. The lowest BCUT2D eigenvalue weighted by atomic mass is 10.2. The number of hydrogen-bond donors (Lipinski definition) is 2. The number of alkyl halides is 1. The van der Waals surface area contributed by atoms with Gasteiger partial charge in [-0.15, -0.1) is 0 Å². The summed E-state index contributed by atoms with van der Waals surface area (Å²) in [7, 11) is 1.51. The molecule has 134 valence electrons. The minimum atomic E-state index is -0.505. The zero-order chi connectivity index (χ0) is 18.7. The van der Waals surface area contributed by atoms with E-state index < -0.39 is 5.82 Å². The highest BCUT2D eigenvalue weighted by Crippen LogP contribution is 2.33. The molecular weight excluding hydrogens is 427 g/mol. The van der Waals surface area contributed by atoms with Crippen molar-refractivity contribution < 1.29 is 13.9 Å². The Bertz CT molecular complexity index is 986. The number of amides is 1. The first kappa shape index (κ1) is 18.3. The van der Waals surface area contributed by atoms with Crippen LogP contribution in [-0.4, -0.2) is 28.3 Å². The molecule has 0 radical (unpaired) electrons. The zero-order valence-corrected chi connectivity index (χ0v) is 15.9. The van der Waals surface area contributed by atoms with Crippen LogP contribution >= 0.6 is 27.5 Å². The Balaban J connectivity index is 2.06. The third kappa shape index (κ3) is 3.86. The standard InChI is InChI=1S/C17H13BrClFN4O2/c1-26-15-6-13-10(5-14(15)24-16(25)7-18)17(22-8-21-13)23-9-2-3-12(20)11(19)4-9/h2-6,8H,7H2,1H3,(H,24,25)(H,21,22,23). The van der Waals surface area contributed by atoms with Crippen LogP contribution in [0.25, 0.3) is 10.9 Å². The number of hydrogen-bond acceptors (Lipinski definition) is 5. The van der Waals surface area contributed by atoms with Crippen LogP contribution in [0.15, 0.2) is 36.7 Å². The number of nitrogens with one attached hydrogen (secondary N) is 2. The number of anilines is 3. The van der Waals surface area contributed by atoms with Gasteiger partial charge in [0.15, 0.2) is 0 Å². The number of methoxy groups -OCH3 is 1. The minimum absolute atomic E-state index is 0.000282. The lowest BCUT2D eigenvalue weighted by Gasteiger charge is -2.13. The third-order valence-electron chi connectivity index (χ3n) is 3.53. The lowest BCUT2D eigenvalue weighted by Crippen LogP contribution is -2.13. The molecule has 0 bridgehead atoms. The minimum Gasteiger partial charge on any atom is -0.494 e. The molecule has 1 amide bonds. The van der Waals surface area contributed by atoms with Gasteiger partial charge in [-0.1, -0.05) is 27.5 Å². The van der Waals surface area contributed by atoms with E-state index in [1.54, 1.807) is 18.2 Å². The van der Waals surface area contributed by atoms with Crippen molar-refractivity contribution in [2.45, 2.75) is 0 Å². The second-order valence-electron chi connectivity index (χ2n) is 5.23. The first-order valence-electron chi connectivity index (χ1n) is 7.42. The van der Waals surface area contributed by atoms with Gasteiger partial charge < -0.3 is 15.4 Å². The molecule has 3 rings (SSSR count). The van der Waals surface area contributed by atoms with E-state index in [0.717, 1.165) is 0 Å². The number of halogens is 3. The summed E-state index contributed by atoms with van der Waals surface area (Å²) in [6.07, 6.45) is 1.39. The maximum absolute atomic E-state index is 13.3. The first-order valence-corrected chi connectivity index (χ1v) is 8.92. The van der Waals surface area contributed by atoms with Gasteiger partial charge in [0.05, 0.1) is 28.7 Å². The molecule has 6 nitrogen and oxygen atoms in total. The molecule has 3 aromatic rings. The van der Waals surface area contributed by atoms with Crippen LogP contribution in [0.1, 0.15) is 0 Å². The van der Waals surface area contributed by atoms with Gasteiger partial charge >= 0.3 is 0 Å². The van der Waals surface area contributed by atoms with Gasteiger partial charge in [-0.2, -0.15) is 0 Å². The monoisotopic (exact) mass is 438 g/mol. The Hall–Kier alpha value is -2.45. The summed E-state index contributed by atoms with van der Waals surface area (Å²) in [5.41, 5.74) is 1.67. The molecule has 0 saturated heterocycles. The van der Waals surface area contributed by atoms with Gasteiger partial charge in [-0.05, 0) is 24.3 Å². The molecule has 0 aliphatic heterocycles. The fraction of sp³-hybridized carbons (Fsp3) is 0.118. The van der Waals surface area contributed by atoms with Gasteiger partial charge in [-0.25, -0.2) is 14.4 Å². The number of rotatable bonds is 5. The molecule has 9 heteroatoms. The van der Waals surface area contributed by atoms with Crippen molar-refractivity contribution in [2.75, 3.05) is 23.1 Å². The molecule has 1 heterocycles. The van der Waals surface area contributed by atoms with Gasteiger partial charge in [0.25, 0.3) is 0 Å². The fourth-order valence-corrected chi connectivity index (χ4v) is 2.67. The van der Waals surface area contributed by atoms with Crippen molar-refractivity contribution in [3.8, 4) is 5.75 Å². The molecule has 1 aromatic heterocycles. The maximum Gasteiger partial charge on any atom is 0.235 e. The highest BCUT2D eigenvalue weighted by atomic mass is 79.9. The Morgan fingerprint density at radius 1 is 1.31 bits per heavy atom. The summed E-state index contributed by atoms with van der Waals surface area (Å²) >= 11 is 8.93. The Morgan fingerprint density at radius 3 is 2.81 bits per heavy atom. The second-order valence-corrected chi connectivity index (χ2v) is 6.20. The van der Waals surface area contributed by atoms with Crippen LogP contribution < -0.4 is 15.4 Å². The van der Waals surface area contributed by atoms with E-state index in [1.807, 2.05) is 0 Å². The first-order chi connectivity index (χ1) is 12.5. The van der Waals surface area contributed by atoms with Crippen molar-refractivity contribution in [1.29, 1.82) is 0 Å². The molecule has 0 saturated carbocycles. The summed E-state index contributed by atoms with van der Waals surface area (Å²) in [6.45, 7) is 0. The van der Waals surface area contributed by atoms with E-state index in [0.29, 0.717) is 33.8 Å². The predicted molar refractivity (Wildman–Crippen MR) is 103 cm³/mol. The average Bonchev–Trinajstić information content (AvgIpc) is 2.64. The fourth-order valence-electron chi connectivity index (χ4n) is 2.34. The molecule has 0 aliphatic rings. The predicted octanol–water partition coefficient (Wildman–Crippen LogP) is 4.51. The van der Waals surface area contributed by atoms with Crippen molar-refractivity contribution in [1.82, 2.24) is 9.97 Å². The van der Waals surface area contributed by atoms with Crippen LogP contribution in [0, 0.1) is 5.82 Å². The van der Waals surface area contributed by atoms with Crippen molar-refractivity contribution in [2.24, 2.45) is 0 Å². The quantitative estimate of drug-likeness (QED) is 0.572. The molecule has 0 fully saturated rings. The Morgan fingerprint density at radius 2 is 2.12 bits per heavy atom. The normalized spacial score (nSPS) is 10.6. The van der Waals surface area contributed by atoms with Gasteiger partial charge in [-0.3, -0.25) is 4.79 Å². The number of carbonyl (C=O) groups excluding carboxylic acids is 1. The van der Waals surface area contributed by atoms with Crippen LogP contribution in [0.4, 0.5) is 21.6 Å². The van der Waals surface area contributed by atoms with Crippen LogP contribution in [0.2, 0.25) is 5.02 Å². The molecule has 0 unspecified atom stereocenters. The SMILES string of the molecule is COc1cc2ncnc(Nc3ccc(F)c(Cl)c3)c2cc1NC(=O)CBr. The Kier molecular flexibility index (Phi) is 5.53. The van der Waals surface area contributed by atoms with Crippen molar-refractivity contribution in [3.63, 3.8) is 0 Å². The van der Waals surface area contributed by atoms with E-state index in [1.165, 1.54) is 25.6 Å². The third-order valence-corrected chi connectivity index (χ3v) is 4.33. The number of ether oxygens (including phenoxy) is 1. The second kappa shape index (κ2) is 7.84. The lowest BCUT2D eigenvalue weighted by molar-refractivity contribution is -0.113. The number of nitrogens with zero attached hydrogens (tertiary/aromatic N) is 2. The van der Waals surface area contributed by atoms with Crippen molar-refractivity contribution >= 4 is 61.5 Å². The molecule has 0 spiro atoms. The zero-order valence-electron chi connectivity index (χ0n) is 13.5. The topological polar surface area (TPSA) is 76.1 Å². The van der Waals surface area contributed by atoms with Gasteiger partial charge in [0.1, 0.15) is 23.7 Å². The van der Waals surface area contributed by atoms with E-state index >= 15 is 0 Å². The summed E-state index contributed by atoms with van der Waals surface area (Å²) in [5.74, 6) is 0.226. The van der Waals surface area contributed by atoms with E-state index in [-0.39, 0.29) is 16.3 Å². The molecule has 2 N–H and O–H groups in total. The number of benzene rings is 2. The highest BCUT2D eigenvalue weighted by molar-refractivity contribution is 9.09. The maximum atomic E-state index is 13.3. The highest BCUT2D eigenvalue weighted by Gasteiger charge is 2.13. The summed E-state index contributed by atoms with van der Waals surface area (Å²) in [5, 5.41) is 6.63. The van der Waals surface area contributed by atoms with Gasteiger partial charge in [0.2, 0.25) is 5.91 Å². The number of fused-ring (bicyclic) bond motifs is 1. The van der Waals surface area contributed by atoms with Crippen LogP contribution in [0.3, 0.4) is 0 Å². The van der Waals surface area contributed by atoms with E-state index in [2.05, 4.69) is 36.5 Å². The molecule has 26 heavy (non-hydrogen) atoms. The smallest absolute Gasteiger partial charge is 0.235 e. The summed E-state index contributed by atoms with van der Waals surface area (Å²) in [4.78, 5) is 20.2.